The summed E-state index contributed by atoms with van der Waals surface area (Å²) < 4.78 is 5.39. The molecule has 2 aromatic carbocycles. The van der Waals surface area contributed by atoms with E-state index in [1.54, 1.807) is 42.6 Å². The molecule has 0 spiro atoms. The van der Waals surface area contributed by atoms with Crippen LogP contribution in [0.3, 0.4) is 0 Å². The first-order valence-electron chi connectivity index (χ1n) is 12.8. The van der Waals surface area contributed by atoms with Gasteiger partial charge in [0.15, 0.2) is 0 Å². The van der Waals surface area contributed by atoms with Crippen molar-refractivity contribution in [3.05, 3.63) is 65.2 Å². The molecule has 2 rings (SSSR count). The third-order valence-electron chi connectivity index (χ3n) is 5.79. The molecule has 0 radical (unpaired) electrons. The monoisotopic (exact) mass is 464 g/mol. The Hall–Kier alpha value is -2.95. The molecule has 0 fully saturated rings. The zero-order valence-corrected chi connectivity index (χ0v) is 20.9. The number of ether oxygens (including phenoxy) is 1. The van der Waals surface area contributed by atoms with Crippen LogP contribution in [0.25, 0.3) is 0 Å². The number of benzene rings is 2. The highest BCUT2D eigenvalue weighted by molar-refractivity contribution is 5.91. The first kappa shape index (κ1) is 27.3. The van der Waals surface area contributed by atoms with E-state index in [0.717, 1.165) is 24.0 Å². The second-order valence-electron chi connectivity index (χ2n) is 8.90. The van der Waals surface area contributed by atoms with Crippen LogP contribution in [-0.2, 0) is 4.79 Å². The van der Waals surface area contributed by atoms with Gasteiger partial charge in [-0.1, -0.05) is 88.8 Å². The van der Waals surface area contributed by atoms with E-state index in [9.17, 15) is 9.59 Å². The number of unbranched alkanes of at least 4 members (excludes halogenated alkanes) is 10. The number of esters is 1. The smallest absolute Gasteiger partial charge is 0.343 e. The normalized spacial score (nSPS) is 11.0. The first-order valence-corrected chi connectivity index (χ1v) is 12.8. The highest BCUT2D eigenvalue weighted by atomic mass is 16.5. The van der Waals surface area contributed by atoms with E-state index >= 15 is 0 Å². The summed E-state index contributed by atoms with van der Waals surface area (Å²) in [6.45, 7) is 4.22. The van der Waals surface area contributed by atoms with Crippen LogP contribution in [0, 0.1) is 6.92 Å². The van der Waals surface area contributed by atoms with Crippen molar-refractivity contribution in [2.45, 2.75) is 90.9 Å². The molecule has 0 unspecified atom stereocenters. The van der Waals surface area contributed by atoms with Gasteiger partial charge in [-0.15, -0.1) is 0 Å². The zero-order chi connectivity index (χ0) is 24.4. The Morgan fingerprint density at radius 2 is 1.35 bits per heavy atom. The van der Waals surface area contributed by atoms with Crippen molar-refractivity contribution in [2.75, 3.05) is 0 Å². The summed E-state index contributed by atoms with van der Waals surface area (Å²) in [7, 11) is 0. The number of carbonyl (C=O) groups is 2. The molecule has 0 aromatic heterocycles. The van der Waals surface area contributed by atoms with Crippen LogP contribution < -0.4 is 10.2 Å². The van der Waals surface area contributed by atoms with E-state index < -0.39 is 5.97 Å². The summed E-state index contributed by atoms with van der Waals surface area (Å²) in [4.78, 5) is 24.1. The Kier molecular flexibility index (Phi) is 13.4. The number of rotatable bonds is 16. The average molecular weight is 465 g/mol. The number of nitrogens with zero attached hydrogens (tertiary/aromatic N) is 1. The fourth-order valence-corrected chi connectivity index (χ4v) is 3.66. The van der Waals surface area contributed by atoms with Crippen molar-refractivity contribution in [2.24, 2.45) is 5.10 Å². The molecule has 0 saturated carbocycles. The number of hydrogen-bond acceptors (Lipinski definition) is 4. The molecule has 0 aliphatic heterocycles. The summed E-state index contributed by atoms with van der Waals surface area (Å²) in [5.74, 6) is 0.00941. The maximum atomic E-state index is 12.2. The topological polar surface area (TPSA) is 67.8 Å². The van der Waals surface area contributed by atoms with Crippen molar-refractivity contribution < 1.29 is 14.3 Å². The van der Waals surface area contributed by atoms with Crippen molar-refractivity contribution in [1.82, 2.24) is 5.43 Å². The molecule has 0 aliphatic carbocycles. The van der Waals surface area contributed by atoms with Crippen molar-refractivity contribution in [3.63, 3.8) is 0 Å². The molecule has 0 bridgehead atoms. The zero-order valence-electron chi connectivity index (χ0n) is 20.9. The summed E-state index contributed by atoms with van der Waals surface area (Å²) in [6.07, 6.45) is 16.0. The Bertz CT molecular complexity index is 873. The van der Waals surface area contributed by atoms with E-state index in [1.165, 1.54) is 57.8 Å². The van der Waals surface area contributed by atoms with Gasteiger partial charge in [-0.25, -0.2) is 10.2 Å². The molecule has 1 amide bonds. The highest BCUT2D eigenvalue weighted by Gasteiger charge is 2.08. The minimum atomic E-state index is -0.393. The van der Waals surface area contributed by atoms with Gasteiger partial charge < -0.3 is 4.74 Å². The minimum Gasteiger partial charge on any atom is -0.423 e. The number of hydrogen-bond donors (Lipinski definition) is 1. The van der Waals surface area contributed by atoms with Gasteiger partial charge in [0, 0.05) is 6.42 Å². The summed E-state index contributed by atoms with van der Waals surface area (Å²) in [5, 5.41) is 4.03. The first-order chi connectivity index (χ1) is 16.6. The third kappa shape index (κ3) is 11.8. The van der Waals surface area contributed by atoms with Crippen LogP contribution in [0.2, 0.25) is 0 Å². The van der Waals surface area contributed by atoms with Crippen molar-refractivity contribution in [3.8, 4) is 5.75 Å². The molecule has 34 heavy (non-hydrogen) atoms. The van der Waals surface area contributed by atoms with Crippen LogP contribution in [0.1, 0.15) is 105 Å². The predicted octanol–water partition coefficient (Wildman–Crippen LogP) is 7.37. The van der Waals surface area contributed by atoms with Gasteiger partial charge in [-0.05, 0) is 55.3 Å². The fourth-order valence-electron chi connectivity index (χ4n) is 3.66. The number of amides is 1. The predicted molar refractivity (Wildman–Crippen MR) is 139 cm³/mol. The molecule has 0 heterocycles. The van der Waals surface area contributed by atoms with Crippen molar-refractivity contribution in [1.29, 1.82) is 0 Å². The van der Waals surface area contributed by atoms with Crippen LogP contribution >= 0.6 is 0 Å². The van der Waals surface area contributed by atoms with Crippen molar-refractivity contribution >= 4 is 18.1 Å². The van der Waals surface area contributed by atoms with E-state index in [-0.39, 0.29) is 5.91 Å². The quantitative estimate of drug-likeness (QED) is 0.0927. The molecule has 5 heteroatoms. The Morgan fingerprint density at radius 1 is 0.794 bits per heavy atom. The lowest BCUT2D eigenvalue weighted by atomic mass is 10.1. The largest absolute Gasteiger partial charge is 0.423 e. The molecule has 0 aliphatic rings. The van der Waals surface area contributed by atoms with Gasteiger partial charge in [0.05, 0.1) is 11.8 Å². The Morgan fingerprint density at radius 3 is 1.94 bits per heavy atom. The van der Waals surface area contributed by atoms with Crippen LogP contribution in [0.5, 0.6) is 5.75 Å². The Labute approximate surface area is 205 Å². The minimum absolute atomic E-state index is 0.0594. The van der Waals surface area contributed by atoms with Crippen LogP contribution in [0.4, 0.5) is 0 Å². The average Bonchev–Trinajstić information content (AvgIpc) is 2.84. The molecule has 5 nitrogen and oxygen atoms in total. The number of aryl methyl sites for hydroxylation is 1. The van der Waals surface area contributed by atoms with Gasteiger partial charge in [-0.3, -0.25) is 4.79 Å². The van der Waals surface area contributed by atoms with Gasteiger partial charge >= 0.3 is 5.97 Å². The number of nitrogens with one attached hydrogen (secondary N) is 1. The Balaban J connectivity index is 1.55. The highest BCUT2D eigenvalue weighted by Crippen LogP contribution is 2.14. The molecular weight excluding hydrogens is 424 g/mol. The summed E-state index contributed by atoms with van der Waals surface area (Å²) in [5.41, 5.74) is 4.99. The molecule has 0 saturated heterocycles. The molecule has 2 aromatic rings. The van der Waals surface area contributed by atoms with Gasteiger partial charge in [0.25, 0.3) is 0 Å². The lowest BCUT2D eigenvalue weighted by Gasteiger charge is -2.05. The number of carbonyl (C=O) groups excluding carboxylic acids is 2. The standard InChI is InChI=1S/C29H40N2O3/c1-3-4-5-6-7-8-9-10-11-12-13-14-28(32)31-30-23-25-17-21-27(22-18-25)34-29(33)26-19-15-24(2)16-20-26/h15-23H,3-14H2,1-2H3,(H,31,32)/b30-23+. The maximum absolute atomic E-state index is 12.2. The van der Waals surface area contributed by atoms with E-state index in [0.29, 0.717) is 17.7 Å². The van der Waals surface area contributed by atoms with Gasteiger partial charge in [0.1, 0.15) is 5.75 Å². The number of hydrazone groups is 1. The van der Waals surface area contributed by atoms with E-state index in [4.69, 9.17) is 4.74 Å². The third-order valence-corrected chi connectivity index (χ3v) is 5.79. The summed E-state index contributed by atoms with van der Waals surface area (Å²) in [6, 6.07) is 14.2. The van der Waals surface area contributed by atoms with E-state index in [1.807, 2.05) is 19.1 Å². The molecule has 184 valence electrons. The maximum Gasteiger partial charge on any atom is 0.343 e. The summed E-state index contributed by atoms with van der Waals surface area (Å²) >= 11 is 0. The second-order valence-corrected chi connectivity index (χ2v) is 8.90. The van der Waals surface area contributed by atoms with E-state index in [2.05, 4.69) is 17.5 Å². The molecule has 1 N–H and O–H groups in total. The lowest BCUT2D eigenvalue weighted by molar-refractivity contribution is -0.121. The fraction of sp³-hybridized carbons (Fsp3) is 0.483. The molecule has 0 atom stereocenters. The van der Waals surface area contributed by atoms with Gasteiger partial charge in [0.2, 0.25) is 5.91 Å². The van der Waals surface area contributed by atoms with Gasteiger partial charge in [-0.2, -0.15) is 5.10 Å². The van der Waals surface area contributed by atoms with Crippen LogP contribution in [0.15, 0.2) is 53.6 Å². The SMILES string of the molecule is CCCCCCCCCCCCCC(=O)N/N=C/c1ccc(OC(=O)c2ccc(C)cc2)cc1. The lowest BCUT2D eigenvalue weighted by Crippen LogP contribution is -2.16. The van der Waals surface area contributed by atoms with Crippen LogP contribution in [-0.4, -0.2) is 18.1 Å². The second kappa shape index (κ2) is 16.6. The molecular formula is C29H40N2O3.